The number of hydrogen-bond donors (Lipinski definition) is 2. The number of likely N-dealkylation sites (tertiary alicyclic amines) is 1. The average molecular weight is 358 g/mol. The quantitative estimate of drug-likeness (QED) is 0.815. The van der Waals surface area contributed by atoms with E-state index in [-0.39, 0.29) is 30.3 Å². The molecule has 136 valence electrons. The lowest BCUT2D eigenvalue weighted by atomic mass is 9.74. The third kappa shape index (κ3) is 6.12. The summed E-state index contributed by atoms with van der Waals surface area (Å²) in [7, 11) is 0. The number of nitrogens with one attached hydrogen (secondary N) is 1. The van der Waals surface area contributed by atoms with Crippen molar-refractivity contribution in [3.63, 3.8) is 0 Å². The zero-order valence-electron chi connectivity index (χ0n) is 13.5. The molecule has 2 atom stereocenters. The lowest BCUT2D eigenvalue weighted by Gasteiger charge is -2.39. The molecular formula is C15H27ClF3N3O. The Morgan fingerprint density at radius 3 is 2.39 bits per heavy atom. The first kappa shape index (κ1) is 20.5. The number of alkyl halides is 3. The van der Waals surface area contributed by atoms with E-state index in [0.717, 1.165) is 25.7 Å². The Balaban J connectivity index is 0.00000264. The SMILES string of the molecule is CC1(N)CCCCC1C(=O)NC1CCN(CC(F)(F)F)CC1.Cl. The number of nitrogens with two attached hydrogens (primary N) is 1. The smallest absolute Gasteiger partial charge is 0.353 e. The van der Waals surface area contributed by atoms with Gasteiger partial charge in [0.05, 0.1) is 12.5 Å². The Kier molecular flexibility index (Phi) is 7.16. The largest absolute Gasteiger partial charge is 0.401 e. The molecule has 23 heavy (non-hydrogen) atoms. The van der Waals surface area contributed by atoms with Gasteiger partial charge in [0.25, 0.3) is 0 Å². The fraction of sp³-hybridized carbons (Fsp3) is 0.933. The summed E-state index contributed by atoms with van der Waals surface area (Å²) in [5.74, 6) is -0.214. The molecule has 2 rings (SSSR count). The normalized spacial score (nSPS) is 30.6. The average Bonchev–Trinajstić information content (AvgIpc) is 2.38. The summed E-state index contributed by atoms with van der Waals surface area (Å²) in [6.07, 6.45) is 0.674. The van der Waals surface area contributed by atoms with Gasteiger partial charge in [0.1, 0.15) is 0 Å². The number of carbonyl (C=O) groups excluding carboxylic acids is 1. The summed E-state index contributed by atoms with van der Waals surface area (Å²) < 4.78 is 37.1. The van der Waals surface area contributed by atoms with Crippen molar-refractivity contribution in [3.05, 3.63) is 0 Å². The second-order valence-electron chi connectivity index (χ2n) is 6.98. The molecule has 1 aliphatic heterocycles. The van der Waals surface area contributed by atoms with Crippen LogP contribution in [0.4, 0.5) is 13.2 Å². The van der Waals surface area contributed by atoms with E-state index in [2.05, 4.69) is 5.32 Å². The van der Waals surface area contributed by atoms with Crippen LogP contribution >= 0.6 is 12.4 Å². The summed E-state index contributed by atoms with van der Waals surface area (Å²) in [5, 5.41) is 3.00. The molecule has 0 bridgehead atoms. The topological polar surface area (TPSA) is 58.4 Å². The predicted octanol–water partition coefficient (Wildman–Crippen LogP) is 2.46. The van der Waals surface area contributed by atoms with Gasteiger partial charge in [0, 0.05) is 24.7 Å². The maximum absolute atomic E-state index is 12.4. The summed E-state index contributed by atoms with van der Waals surface area (Å²) in [4.78, 5) is 13.8. The van der Waals surface area contributed by atoms with E-state index in [9.17, 15) is 18.0 Å². The van der Waals surface area contributed by atoms with Crippen LogP contribution in [-0.4, -0.2) is 48.2 Å². The molecule has 8 heteroatoms. The number of carbonyl (C=O) groups is 1. The van der Waals surface area contributed by atoms with E-state index >= 15 is 0 Å². The van der Waals surface area contributed by atoms with E-state index in [1.807, 2.05) is 6.92 Å². The van der Waals surface area contributed by atoms with Gasteiger partial charge in [-0.1, -0.05) is 12.8 Å². The summed E-state index contributed by atoms with van der Waals surface area (Å²) in [5.41, 5.74) is 5.75. The first-order valence-electron chi connectivity index (χ1n) is 8.06. The second kappa shape index (κ2) is 8.03. The van der Waals surface area contributed by atoms with Gasteiger partial charge in [-0.15, -0.1) is 12.4 Å². The highest BCUT2D eigenvalue weighted by Crippen LogP contribution is 2.32. The van der Waals surface area contributed by atoms with E-state index in [1.165, 1.54) is 4.90 Å². The van der Waals surface area contributed by atoms with Crippen LogP contribution in [-0.2, 0) is 4.79 Å². The molecule has 4 nitrogen and oxygen atoms in total. The molecule has 1 heterocycles. The highest BCUT2D eigenvalue weighted by atomic mass is 35.5. The van der Waals surface area contributed by atoms with Crippen molar-refractivity contribution < 1.29 is 18.0 Å². The van der Waals surface area contributed by atoms with Crippen molar-refractivity contribution >= 4 is 18.3 Å². The van der Waals surface area contributed by atoms with Crippen LogP contribution in [0, 0.1) is 5.92 Å². The molecule has 2 unspecified atom stereocenters. The molecule has 2 aliphatic rings. The van der Waals surface area contributed by atoms with Crippen LogP contribution in [0.25, 0.3) is 0 Å². The summed E-state index contributed by atoms with van der Waals surface area (Å²) in [6, 6.07) is -0.0327. The van der Waals surface area contributed by atoms with Crippen LogP contribution in [0.5, 0.6) is 0 Å². The van der Waals surface area contributed by atoms with Crippen LogP contribution in [0.2, 0.25) is 0 Å². The van der Waals surface area contributed by atoms with Crippen molar-refractivity contribution in [3.8, 4) is 0 Å². The zero-order chi connectivity index (χ0) is 16.4. The molecule has 0 aromatic rings. The lowest BCUT2D eigenvalue weighted by Crippen LogP contribution is -2.55. The number of hydrogen-bond acceptors (Lipinski definition) is 3. The van der Waals surface area contributed by atoms with E-state index < -0.39 is 18.3 Å². The molecule has 1 amide bonds. The molecule has 1 aliphatic carbocycles. The Hall–Kier alpha value is -0.530. The van der Waals surface area contributed by atoms with Crippen LogP contribution in [0.1, 0.15) is 45.4 Å². The van der Waals surface area contributed by atoms with Crippen LogP contribution in [0.15, 0.2) is 0 Å². The number of rotatable bonds is 3. The lowest BCUT2D eigenvalue weighted by molar-refractivity contribution is -0.148. The predicted molar refractivity (Wildman–Crippen MR) is 85.5 cm³/mol. The van der Waals surface area contributed by atoms with Gasteiger partial charge in [-0.3, -0.25) is 9.69 Å². The van der Waals surface area contributed by atoms with Crippen molar-refractivity contribution in [2.45, 2.75) is 63.2 Å². The Labute approximate surface area is 141 Å². The van der Waals surface area contributed by atoms with Gasteiger partial charge in [-0.25, -0.2) is 0 Å². The molecule has 3 N–H and O–H groups in total. The van der Waals surface area contributed by atoms with Crippen molar-refractivity contribution in [2.75, 3.05) is 19.6 Å². The molecule has 0 spiro atoms. The van der Waals surface area contributed by atoms with E-state index in [0.29, 0.717) is 25.9 Å². The van der Waals surface area contributed by atoms with Gasteiger partial charge in [0.15, 0.2) is 0 Å². The summed E-state index contributed by atoms with van der Waals surface area (Å²) in [6.45, 7) is 1.80. The van der Waals surface area contributed by atoms with Gasteiger partial charge in [-0.05, 0) is 32.6 Å². The van der Waals surface area contributed by atoms with Crippen molar-refractivity contribution in [1.82, 2.24) is 10.2 Å². The minimum absolute atomic E-state index is 0. The third-order valence-corrected chi connectivity index (χ3v) is 4.91. The van der Waals surface area contributed by atoms with Crippen LogP contribution < -0.4 is 11.1 Å². The van der Waals surface area contributed by atoms with Crippen LogP contribution in [0.3, 0.4) is 0 Å². The monoisotopic (exact) mass is 357 g/mol. The third-order valence-electron chi connectivity index (χ3n) is 4.91. The molecular weight excluding hydrogens is 331 g/mol. The van der Waals surface area contributed by atoms with E-state index in [1.54, 1.807) is 0 Å². The van der Waals surface area contributed by atoms with Crippen molar-refractivity contribution in [2.24, 2.45) is 11.7 Å². The minimum Gasteiger partial charge on any atom is -0.353 e. The molecule has 0 aromatic carbocycles. The molecule has 1 saturated heterocycles. The minimum atomic E-state index is -4.15. The maximum atomic E-state index is 12.4. The molecule has 1 saturated carbocycles. The standard InChI is InChI=1S/C15H26F3N3O.ClH/c1-14(19)7-3-2-4-12(14)13(22)20-11-5-8-21(9-6-11)10-15(16,17)18;/h11-12H,2-10,19H2,1H3,(H,20,22);1H. The fourth-order valence-corrected chi connectivity index (χ4v) is 3.58. The van der Waals surface area contributed by atoms with Gasteiger partial charge in [-0.2, -0.15) is 13.2 Å². The number of halogens is 4. The Morgan fingerprint density at radius 1 is 1.26 bits per heavy atom. The summed E-state index contributed by atoms with van der Waals surface area (Å²) >= 11 is 0. The zero-order valence-corrected chi connectivity index (χ0v) is 14.3. The maximum Gasteiger partial charge on any atom is 0.401 e. The Bertz CT molecular complexity index is 396. The molecule has 2 fully saturated rings. The fourth-order valence-electron chi connectivity index (χ4n) is 3.58. The van der Waals surface area contributed by atoms with Gasteiger partial charge in [0.2, 0.25) is 5.91 Å². The van der Waals surface area contributed by atoms with Gasteiger partial charge < -0.3 is 11.1 Å². The molecule has 0 aromatic heterocycles. The number of piperidine rings is 1. The number of amides is 1. The van der Waals surface area contributed by atoms with E-state index in [4.69, 9.17) is 5.73 Å². The first-order chi connectivity index (χ1) is 10.2. The second-order valence-corrected chi connectivity index (χ2v) is 6.98. The van der Waals surface area contributed by atoms with Crippen molar-refractivity contribution in [1.29, 1.82) is 0 Å². The number of nitrogens with zero attached hydrogens (tertiary/aromatic N) is 1. The first-order valence-corrected chi connectivity index (χ1v) is 8.06. The highest BCUT2D eigenvalue weighted by molar-refractivity contribution is 5.85. The molecule has 0 radical (unpaired) electrons. The van der Waals surface area contributed by atoms with Gasteiger partial charge >= 0.3 is 6.18 Å². The Morgan fingerprint density at radius 2 is 1.87 bits per heavy atom. The highest BCUT2D eigenvalue weighted by Gasteiger charge is 2.39.